The molecule has 0 radical (unpaired) electrons. The van der Waals surface area contributed by atoms with Crippen molar-refractivity contribution >= 4 is 5.95 Å². The summed E-state index contributed by atoms with van der Waals surface area (Å²) in [6, 6.07) is 6.43. The molecule has 0 aliphatic carbocycles. The molecular weight excluding hydrogens is 282 g/mol. The zero-order chi connectivity index (χ0) is 14.8. The Morgan fingerprint density at radius 3 is 3.10 bits per heavy atom. The molecule has 1 aromatic heterocycles. The van der Waals surface area contributed by atoms with Gasteiger partial charge < -0.3 is 15.2 Å². The van der Waals surface area contributed by atoms with Gasteiger partial charge in [-0.3, -0.25) is 0 Å². The van der Waals surface area contributed by atoms with Crippen LogP contribution < -0.4 is 10.1 Å². The smallest absolute Gasteiger partial charge is 0.387 e. The Labute approximate surface area is 119 Å². The average Bonchev–Trinajstić information content (AvgIpc) is 2.89. The normalized spacial score (nSPS) is 17.4. The molecule has 1 aromatic carbocycles. The number of fused-ring (bicyclic) bond motifs is 1. The molecule has 0 bridgehead atoms. The third-order valence-electron chi connectivity index (χ3n) is 3.28. The Kier molecular flexibility index (Phi) is 3.70. The van der Waals surface area contributed by atoms with Crippen LogP contribution in [0.5, 0.6) is 5.75 Å². The van der Waals surface area contributed by atoms with Crippen molar-refractivity contribution in [3.05, 3.63) is 35.7 Å². The Bertz CT molecular complexity index is 632. The van der Waals surface area contributed by atoms with Gasteiger partial charge in [-0.15, -0.1) is 0 Å². The highest BCUT2D eigenvalue weighted by molar-refractivity contribution is 5.36. The van der Waals surface area contributed by atoms with Crippen molar-refractivity contribution in [3.8, 4) is 5.75 Å². The highest BCUT2D eigenvalue weighted by Crippen LogP contribution is 2.30. The van der Waals surface area contributed by atoms with E-state index in [-0.39, 0.29) is 18.4 Å². The molecule has 0 fully saturated rings. The van der Waals surface area contributed by atoms with E-state index in [1.165, 1.54) is 6.07 Å². The zero-order valence-corrected chi connectivity index (χ0v) is 11.0. The van der Waals surface area contributed by atoms with Crippen LogP contribution >= 0.6 is 0 Å². The Balaban J connectivity index is 1.93. The average molecular weight is 296 g/mol. The number of aromatic nitrogens is 3. The molecule has 2 aromatic rings. The minimum Gasteiger partial charge on any atom is -0.435 e. The zero-order valence-electron chi connectivity index (χ0n) is 11.0. The molecule has 2 N–H and O–H groups in total. The summed E-state index contributed by atoms with van der Waals surface area (Å²) in [5.74, 6) is 1.00. The van der Waals surface area contributed by atoms with Gasteiger partial charge in [0.15, 0.2) is 5.82 Å². The van der Waals surface area contributed by atoms with Gasteiger partial charge in [0.2, 0.25) is 5.95 Å². The highest BCUT2D eigenvalue weighted by Gasteiger charge is 2.24. The fraction of sp³-hybridized carbons (Fsp3) is 0.385. The standard InChI is InChI=1S/C13H14F2N4O2/c14-12(15)21-9-3-1-2-8(6-9)10-4-5-16-13-17-11(7-20)18-19(10)13/h1-3,6,10,12,20H,4-5,7H2,(H,16,17,18). The van der Waals surface area contributed by atoms with Gasteiger partial charge in [-0.05, 0) is 24.1 Å². The number of aliphatic hydroxyl groups excluding tert-OH is 1. The summed E-state index contributed by atoms with van der Waals surface area (Å²) in [6.45, 7) is -2.41. The van der Waals surface area contributed by atoms with E-state index in [0.717, 1.165) is 12.0 Å². The molecule has 1 unspecified atom stereocenters. The molecule has 0 spiro atoms. The number of rotatable bonds is 4. The van der Waals surface area contributed by atoms with E-state index < -0.39 is 6.61 Å². The number of nitrogens with one attached hydrogen (secondary N) is 1. The number of halogens is 2. The second kappa shape index (κ2) is 5.65. The van der Waals surface area contributed by atoms with E-state index in [0.29, 0.717) is 18.3 Å². The van der Waals surface area contributed by atoms with Crippen LogP contribution in [0.25, 0.3) is 0 Å². The minimum atomic E-state index is -2.85. The number of benzene rings is 1. The summed E-state index contributed by atoms with van der Waals surface area (Å²) in [7, 11) is 0. The van der Waals surface area contributed by atoms with Crippen LogP contribution in [-0.2, 0) is 6.61 Å². The van der Waals surface area contributed by atoms with Crippen molar-refractivity contribution in [1.29, 1.82) is 0 Å². The quantitative estimate of drug-likeness (QED) is 0.899. The van der Waals surface area contributed by atoms with Gasteiger partial charge in [-0.25, -0.2) is 4.68 Å². The first-order valence-corrected chi connectivity index (χ1v) is 6.52. The van der Waals surface area contributed by atoms with E-state index in [1.54, 1.807) is 16.8 Å². The Hall–Kier alpha value is -2.22. The largest absolute Gasteiger partial charge is 0.435 e. The number of hydrogen-bond donors (Lipinski definition) is 2. The molecule has 1 atom stereocenters. The molecule has 21 heavy (non-hydrogen) atoms. The molecule has 0 amide bonds. The number of alkyl halides is 2. The molecule has 1 aliphatic rings. The molecule has 3 rings (SSSR count). The molecule has 6 nitrogen and oxygen atoms in total. The van der Waals surface area contributed by atoms with Gasteiger partial charge in [0.1, 0.15) is 12.4 Å². The van der Waals surface area contributed by atoms with Gasteiger partial charge in [0.25, 0.3) is 0 Å². The Morgan fingerprint density at radius 1 is 1.48 bits per heavy atom. The van der Waals surface area contributed by atoms with Crippen molar-refractivity contribution < 1.29 is 18.6 Å². The van der Waals surface area contributed by atoms with Crippen molar-refractivity contribution in [2.75, 3.05) is 11.9 Å². The predicted octanol–water partition coefficient (Wildman–Crippen LogP) is 1.78. The molecule has 0 saturated carbocycles. The highest BCUT2D eigenvalue weighted by atomic mass is 19.3. The topological polar surface area (TPSA) is 72.2 Å². The van der Waals surface area contributed by atoms with Gasteiger partial charge in [-0.1, -0.05) is 12.1 Å². The van der Waals surface area contributed by atoms with Crippen molar-refractivity contribution in [2.24, 2.45) is 0 Å². The van der Waals surface area contributed by atoms with E-state index in [2.05, 4.69) is 20.1 Å². The molecule has 2 heterocycles. The third-order valence-corrected chi connectivity index (χ3v) is 3.28. The third kappa shape index (κ3) is 2.80. The Morgan fingerprint density at radius 2 is 2.33 bits per heavy atom. The van der Waals surface area contributed by atoms with Crippen molar-refractivity contribution in [3.63, 3.8) is 0 Å². The molecule has 112 valence electrons. The monoisotopic (exact) mass is 296 g/mol. The first-order chi connectivity index (χ1) is 10.2. The lowest BCUT2D eigenvalue weighted by molar-refractivity contribution is -0.0499. The summed E-state index contributed by atoms with van der Waals surface area (Å²) < 4.78 is 30.7. The minimum absolute atomic E-state index is 0.116. The second-order valence-corrected chi connectivity index (χ2v) is 4.64. The van der Waals surface area contributed by atoms with Crippen LogP contribution in [0.2, 0.25) is 0 Å². The van der Waals surface area contributed by atoms with Crippen LogP contribution in [0.4, 0.5) is 14.7 Å². The number of aliphatic hydroxyl groups is 1. The van der Waals surface area contributed by atoms with E-state index in [4.69, 9.17) is 5.11 Å². The molecule has 8 heteroatoms. The van der Waals surface area contributed by atoms with Gasteiger partial charge >= 0.3 is 6.61 Å². The van der Waals surface area contributed by atoms with Crippen molar-refractivity contribution in [2.45, 2.75) is 25.7 Å². The first kappa shape index (κ1) is 13.7. The number of anilines is 1. The fourth-order valence-corrected chi connectivity index (χ4v) is 2.42. The van der Waals surface area contributed by atoms with Gasteiger partial charge in [0, 0.05) is 6.54 Å². The summed E-state index contributed by atoms with van der Waals surface area (Å²) in [5.41, 5.74) is 0.810. The predicted molar refractivity (Wildman–Crippen MR) is 70.3 cm³/mol. The number of ether oxygens (including phenoxy) is 1. The maximum absolute atomic E-state index is 12.3. The van der Waals surface area contributed by atoms with Crippen LogP contribution in [0.1, 0.15) is 23.9 Å². The van der Waals surface area contributed by atoms with Crippen LogP contribution in [0.3, 0.4) is 0 Å². The fourth-order valence-electron chi connectivity index (χ4n) is 2.42. The maximum atomic E-state index is 12.3. The van der Waals surface area contributed by atoms with Crippen LogP contribution in [-0.4, -0.2) is 33.0 Å². The number of nitrogens with zero attached hydrogens (tertiary/aromatic N) is 3. The van der Waals surface area contributed by atoms with Crippen molar-refractivity contribution in [1.82, 2.24) is 14.8 Å². The first-order valence-electron chi connectivity index (χ1n) is 6.52. The maximum Gasteiger partial charge on any atom is 0.387 e. The lowest BCUT2D eigenvalue weighted by Gasteiger charge is -2.25. The van der Waals surface area contributed by atoms with Gasteiger partial charge in [0.05, 0.1) is 6.04 Å². The van der Waals surface area contributed by atoms with E-state index >= 15 is 0 Å². The van der Waals surface area contributed by atoms with Crippen LogP contribution in [0.15, 0.2) is 24.3 Å². The summed E-state index contributed by atoms with van der Waals surface area (Å²) >= 11 is 0. The summed E-state index contributed by atoms with van der Waals surface area (Å²) in [6.07, 6.45) is 0.735. The SMILES string of the molecule is OCc1nc2n(n1)C(c1cccc(OC(F)F)c1)CCN2. The molecule has 0 saturated heterocycles. The molecular formula is C13H14F2N4O2. The van der Waals surface area contributed by atoms with E-state index in [9.17, 15) is 8.78 Å². The van der Waals surface area contributed by atoms with Crippen LogP contribution in [0, 0.1) is 0 Å². The van der Waals surface area contributed by atoms with E-state index in [1.807, 2.05) is 6.07 Å². The number of hydrogen-bond acceptors (Lipinski definition) is 5. The second-order valence-electron chi connectivity index (χ2n) is 4.64. The molecule has 1 aliphatic heterocycles. The van der Waals surface area contributed by atoms with Gasteiger partial charge in [-0.2, -0.15) is 18.9 Å². The lowest BCUT2D eigenvalue weighted by atomic mass is 10.0. The summed E-state index contributed by atoms with van der Waals surface area (Å²) in [4.78, 5) is 4.16. The summed E-state index contributed by atoms with van der Waals surface area (Å²) in [5, 5.41) is 16.4. The lowest BCUT2D eigenvalue weighted by Crippen LogP contribution is -2.24.